The van der Waals surface area contributed by atoms with Crippen molar-refractivity contribution >= 4 is 0 Å². The largest absolute Gasteiger partial charge is 0.392 e. The molecule has 3 N–H and O–H groups in total. The van der Waals surface area contributed by atoms with E-state index >= 15 is 0 Å². The summed E-state index contributed by atoms with van der Waals surface area (Å²) < 4.78 is 0. The van der Waals surface area contributed by atoms with E-state index in [1.807, 2.05) is 0 Å². The van der Waals surface area contributed by atoms with Gasteiger partial charge in [-0.25, -0.2) is 0 Å². The molecule has 0 aromatic heterocycles. The summed E-state index contributed by atoms with van der Waals surface area (Å²) in [6.07, 6.45) is 0.500. The van der Waals surface area contributed by atoms with Gasteiger partial charge in [0.15, 0.2) is 0 Å². The minimum Gasteiger partial charge on any atom is -0.392 e. The second-order valence-electron chi connectivity index (χ2n) is 4.73. The molecule has 0 spiro atoms. The van der Waals surface area contributed by atoms with Crippen molar-refractivity contribution in [2.75, 3.05) is 13.1 Å². The number of nitrogens with zero attached hydrogens (tertiary/aromatic N) is 1. The van der Waals surface area contributed by atoms with Crippen LogP contribution < -0.4 is 5.73 Å². The first-order chi connectivity index (χ1) is 5.39. The molecular weight excluding hydrogens is 152 g/mol. The summed E-state index contributed by atoms with van der Waals surface area (Å²) in [5.74, 6) is 0. The molecule has 0 radical (unpaired) electrons. The quantitative estimate of drug-likeness (QED) is 0.548. The average molecular weight is 172 g/mol. The van der Waals surface area contributed by atoms with E-state index in [1.165, 1.54) is 0 Å². The highest BCUT2D eigenvalue weighted by atomic mass is 16.3. The van der Waals surface area contributed by atoms with E-state index in [9.17, 15) is 5.11 Å². The van der Waals surface area contributed by atoms with Crippen LogP contribution in [-0.2, 0) is 0 Å². The van der Waals surface area contributed by atoms with E-state index < -0.39 is 0 Å². The van der Waals surface area contributed by atoms with Crippen LogP contribution in [-0.4, -0.2) is 40.8 Å². The van der Waals surface area contributed by atoms with Crippen molar-refractivity contribution in [3.05, 3.63) is 0 Å². The van der Waals surface area contributed by atoms with Crippen LogP contribution >= 0.6 is 0 Å². The maximum absolute atomic E-state index is 9.49. The standard InChI is InChI=1S/C9H20N2O/c1-9(2,3)11-5-7(10)4-8(12)6-11/h7-8,12H,4-6,10H2,1-3H3/t7-,8+/m1/s1. The van der Waals surface area contributed by atoms with Crippen molar-refractivity contribution in [1.82, 2.24) is 4.90 Å². The predicted octanol–water partition coefficient (Wildman–Crippen LogP) is 0.179. The van der Waals surface area contributed by atoms with E-state index in [1.54, 1.807) is 0 Å². The first-order valence-corrected chi connectivity index (χ1v) is 4.58. The van der Waals surface area contributed by atoms with E-state index in [2.05, 4.69) is 25.7 Å². The molecule has 1 fully saturated rings. The minimum absolute atomic E-state index is 0.124. The van der Waals surface area contributed by atoms with Crippen molar-refractivity contribution in [1.29, 1.82) is 0 Å². The fourth-order valence-electron chi connectivity index (χ4n) is 1.66. The van der Waals surface area contributed by atoms with Gasteiger partial charge in [0.1, 0.15) is 0 Å². The fraction of sp³-hybridized carbons (Fsp3) is 1.00. The molecule has 2 atom stereocenters. The van der Waals surface area contributed by atoms with Crippen LogP contribution in [0.15, 0.2) is 0 Å². The van der Waals surface area contributed by atoms with Gasteiger partial charge in [0, 0.05) is 24.7 Å². The number of aliphatic hydroxyl groups is 1. The van der Waals surface area contributed by atoms with Crippen molar-refractivity contribution in [3.63, 3.8) is 0 Å². The Labute approximate surface area is 74.5 Å². The van der Waals surface area contributed by atoms with Gasteiger partial charge in [-0.05, 0) is 27.2 Å². The van der Waals surface area contributed by atoms with Crippen LogP contribution in [0.3, 0.4) is 0 Å². The zero-order valence-corrected chi connectivity index (χ0v) is 8.25. The van der Waals surface area contributed by atoms with Gasteiger partial charge in [-0.3, -0.25) is 4.90 Å². The molecule has 1 heterocycles. The molecule has 1 aliphatic heterocycles. The summed E-state index contributed by atoms with van der Waals surface area (Å²) >= 11 is 0. The Hall–Kier alpha value is -0.120. The molecule has 0 amide bonds. The lowest BCUT2D eigenvalue weighted by molar-refractivity contribution is 0.0135. The maximum Gasteiger partial charge on any atom is 0.0682 e. The number of likely N-dealkylation sites (tertiary alicyclic amines) is 1. The average Bonchev–Trinajstić information content (AvgIpc) is 1.82. The Morgan fingerprint density at radius 1 is 1.33 bits per heavy atom. The molecule has 72 valence electrons. The van der Waals surface area contributed by atoms with Crippen molar-refractivity contribution in [2.45, 2.75) is 44.9 Å². The Bertz CT molecular complexity index is 143. The highest BCUT2D eigenvalue weighted by Crippen LogP contribution is 2.19. The Balaban J connectivity index is 2.55. The van der Waals surface area contributed by atoms with Gasteiger partial charge in [0.05, 0.1) is 6.10 Å². The molecule has 3 heteroatoms. The monoisotopic (exact) mass is 172 g/mol. The van der Waals surface area contributed by atoms with E-state index in [-0.39, 0.29) is 17.7 Å². The van der Waals surface area contributed by atoms with Gasteiger partial charge < -0.3 is 10.8 Å². The number of β-amino-alcohol motifs (C(OH)–C–C–N with tert-alkyl or cyclic N) is 1. The summed E-state index contributed by atoms with van der Waals surface area (Å²) in [4.78, 5) is 2.24. The van der Waals surface area contributed by atoms with Crippen molar-refractivity contribution < 1.29 is 5.11 Å². The second kappa shape index (κ2) is 3.32. The number of nitrogens with two attached hydrogens (primary N) is 1. The van der Waals surface area contributed by atoms with Crippen molar-refractivity contribution in [2.24, 2.45) is 5.73 Å². The van der Waals surface area contributed by atoms with Crippen LogP contribution in [0.1, 0.15) is 27.2 Å². The van der Waals surface area contributed by atoms with Gasteiger partial charge in [-0.15, -0.1) is 0 Å². The second-order valence-corrected chi connectivity index (χ2v) is 4.73. The van der Waals surface area contributed by atoms with E-state index in [0.717, 1.165) is 19.5 Å². The summed E-state index contributed by atoms with van der Waals surface area (Å²) in [5.41, 5.74) is 5.93. The number of hydrogen-bond acceptors (Lipinski definition) is 3. The zero-order chi connectivity index (χ0) is 9.35. The maximum atomic E-state index is 9.49. The number of piperidine rings is 1. The van der Waals surface area contributed by atoms with Gasteiger partial charge in [0.25, 0.3) is 0 Å². The van der Waals surface area contributed by atoms with Crippen LogP contribution in [0, 0.1) is 0 Å². The van der Waals surface area contributed by atoms with E-state index in [0.29, 0.717) is 0 Å². The number of hydrogen-bond donors (Lipinski definition) is 2. The first-order valence-electron chi connectivity index (χ1n) is 4.58. The van der Waals surface area contributed by atoms with Crippen molar-refractivity contribution in [3.8, 4) is 0 Å². The molecule has 3 nitrogen and oxygen atoms in total. The third-order valence-electron chi connectivity index (χ3n) is 2.41. The summed E-state index contributed by atoms with van der Waals surface area (Å²) in [7, 11) is 0. The topological polar surface area (TPSA) is 49.5 Å². The summed E-state index contributed by atoms with van der Waals surface area (Å²) in [6, 6.07) is 0.132. The molecule has 0 aromatic carbocycles. The molecule has 1 aliphatic rings. The minimum atomic E-state index is -0.243. The van der Waals surface area contributed by atoms with Crippen LogP contribution in [0.5, 0.6) is 0 Å². The summed E-state index contributed by atoms with van der Waals surface area (Å²) in [6.45, 7) is 8.12. The summed E-state index contributed by atoms with van der Waals surface area (Å²) in [5, 5.41) is 9.49. The highest BCUT2D eigenvalue weighted by Gasteiger charge is 2.30. The number of aliphatic hydroxyl groups excluding tert-OH is 1. The first kappa shape index (κ1) is 9.96. The molecule has 0 unspecified atom stereocenters. The van der Waals surface area contributed by atoms with Gasteiger partial charge in [-0.2, -0.15) is 0 Å². The molecule has 12 heavy (non-hydrogen) atoms. The van der Waals surface area contributed by atoms with Gasteiger partial charge in [-0.1, -0.05) is 0 Å². The SMILES string of the molecule is CC(C)(C)N1C[C@H](N)C[C@H](O)C1. The molecule has 1 saturated heterocycles. The third-order valence-corrected chi connectivity index (χ3v) is 2.41. The van der Waals surface area contributed by atoms with Crippen LogP contribution in [0.2, 0.25) is 0 Å². The lowest BCUT2D eigenvalue weighted by Gasteiger charge is -2.42. The lowest BCUT2D eigenvalue weighted by atomic mass is 9.97. The van der Waals surface area contributed by atoms with Gasteiger partial charge in [0.2, 0.25) is 0 Å². The molecule has 0 saturated carbocycles. The Kier molecular flexibility index (Phi) is 2.76. The molecular formula is C9H20N2O. The highest BCUT2D eigenvalue weighted by molar-refractivity contribution is 4.87. The zero-order valence-electron chi connectivity index (χ0n) is 8.25. The Morgan fingerprint density at radius 2 is 1.92 bits per heavy atom. The van der Waals surface area contributed by atoms with E-state index in [4.69, 9.17) is 5.73 Å². The molecule has 0 aliphatic carbocycles. The van der Waals surface area contributed by atoms with Gasteiger partial charge >= 0.3 is 0 Å². The smallest absolute Gasteiger partial charge is 0.0682 e. The third kappa shape index (κ3) is 2.44. The predicted molar refractivity (Wildman–Crippen MR) is 49.9 cm³/mol. The fourth-order valence-corrected chi connectivity index (χ4v) is 1.66. The lowest BCUT2D eigenvalue weighted by Crippen LogP contribution is -2.55. The van der Waals surface area contributed by atoms with Crippen LogP contribution in [0.4, 0.5) is 0 Å². The molecule has 0 aromatic rings. The number of rotatable bonds is 0. The normalized spacial score (nSPS) is 33.8. The van der Waals surface area contributed by atoms with Crippen LogP contribution in [0.25, 0.3) is 0 Å². The molecule has 1 rings (SSSR count). The Morgan fingerprint density at radius 3 is 2.33 bits per heavy atom. The molecule has 0 bridgehead atoms.